The molecule has 0 bridgehead atoms. The average Bonchev–Trinajstić information content (AvgIpc) is 1.82. The van der Waals surface area contributed by atoms with Crippen LogP contribution in [0.3, 0.4) is 0 Å². The maximum Gasteiger partial charge on any atom is 1.00 e. The van der Waals surface area contributed by atoms with Gasteiger partial charge in [-0.3, -0.25) is 0 Å². The third-order valence-electron chi connectivity index (χ3n) is 1.25. The zero-order chi connectivity index (χ0) is 10.6. The molecule has 1 N–H and O–H groups in total. The number of carbonyl (C=O) groups is 3. The van der Waals surface area contributed by atoms with Crippen molar-refractivity contribution in [3.05, 3.63) is 0 Å². The molecule has 0 unspecified atom stereocenters. The van der Waals surface area contributed by atoms with Crippen molar-refractivity contribution in [1.82, 2.24) is 0 Å². The van der Waals surface area contributed by atoms with E-state index in [1.807, 2.05) is 0 Å². The van der Waals surface area contributed by atoms with Gasteiger partial charge in [0.25, 0.3) is 0 Å². The maximum absolute atomic E-state index is 10.1. The summed E-state index contributed by atoms with van der Waals surface area (Å²) in [5.74, 6) is -5.98. The molecule has 0 fully saturated rings. The van der Waals surface area contributed by atoms with Gasteiger partial charge in [-0.1, -0.05) is 0 Å². The number of aliphatic hydroxyl groups is 1. The van der Waals surface area contributed by atoms with Crippen molar-refractivity contribution >= 4 is 17.9 Å². The Balaban J connectivity index is -0.0000000343. The molecular formula is C6H5Na7O7+4. The molecule has 0 saturated heterocycles. The van der Waals surface area contributed by atoms with Gasteiger partial charge in [0, 0.05) is 24.8 Å². The van der Waals surface area contributed by atoms with Gasteiger partial charge in [0.05, 0.1) is 5.97 Å². The largest absolute Gasteiger partial charge is 1.00 e. The van der Waals surface area contributed by atoms with Crippen molar-refractivity contribution in [3.8, 4) is 0 Å². The van der Waals surface area contributed by atoms with Crippen LogP contribution in [0.4, 0.5) is 0 Å². The van der Waals surface area contributed by atoms with Crippen LogP contribution in [0.1, 0.15) is 12.8 Å². The summed E-state index contributed by atoms with van der Waals surface area (Å²) in [5.41, 5.74) is -2.97. The molecule has 0 saturated carbocycles. The fourth-order valence-corrected chi connectivity index (χ4v) is 0.684. The fraction of sp³-hybridized carbons (Fsp3) is 0.500. The minimum absolute atomic E-state index is 0. The second kappa shape index (κ2) is 26.6. The summed E-state index contributed by atoms with van der Waals surface area (Å²) >= 11 is 0. The van der Waals surface area contributed by atoms with Gasteiger partial charge in [-0.15, -0.1) is 0 Å². The van der Waals surface area contributed by atoms with Crippen molar-refractivity contribution in [3.63, 3.8) is 0 Å². The Morgan fingerprint density at radius 2 is 0.900 bits per heavy atom. The van der Waals surface area contributed by atoms with Gasteiger partial charge in [0.1, 0.15) is 5.60 Å². The van der Waals surface area contributed by atoms with Crippen LogP contribution >= 0.6 is 0 Å². The number of hydrogen-bond donors (Lipinski definition) is 1. The van der Waals surface area contributed by atoms with Gasteiger partial charge in [0.15, 0.2) is 0 Å². The molecule has 0 aliphatic carbocycles. The van der Waals surface area contributed by atoms with E-state index in [9.17, 15) is 29.7 Å². The topological polar surface area (TPSA) is 141 Å². The Bertz CT molecular complexity index is 246. The van der Waals surface area contributed by atoms with Gasteiger partial charge >= 0.3 is 207 Å². The molecule has 0 aromatic heterocycles. The van der Waals surface area contributed by atoms with E-state index in [2.05, 4.69) is 0 Å². The van der Waals surface area contributed by atoms with E-state index in [0.29, 0.717) is 0 Å². The zero-order valence-corrected chi connectivity index (χ0v) is 27.3. The maximum atomic E-state index is 10.1. The quantitative estimate of drug-likeness (QED) is 0.486. The molecule has 0 heterocycles. The van der Waals surface area contributed by atoms with Crippen molar-refractivity contribution < 1.29 is 242 Å². The van der Waals surface area contributed by atoms with Gasteiger partial charge in [0.2, 0.25) is 0 Å². The smallest absolute Gasteiger partial charge is 0.550 e. The van der Waals surface area contributed by atoms with E-state index in [-0.39, 0.29) is 207 Å². The van der Waals surface area contributed by atoms with E-state index in [1.165, 1.54) is 0 Å². The third-order valence-corrected chi connectivity index (χ3v) is 1.25. The number of carbonyl (C=O) groups excluding carboxylic acids is 3. The molecule has 0 aromatic carbocycles. The molecule has 14 heteroatoms. The number of rotatable bonds is 5. The summed E-state index contributed by atoms with van der Waals surface area (Å²) in [6.07, 6.45) is -2.72. The molecule has 20 heavy (non-hydrogen) atoms. The number of carboxylic acid groups (broad SMARTS) is 3. The number of hydrogen-bond acceptors (Lipinski definition) is 7. The van der Waals surface area contributed by atoms with Crippen LogP contribution in [0.25, 0.3) is 0 Å². The first kappa shape index (κ1) is 49.9. The predicted octanol–water partition coefficient (Wildman–Crippen LogP) is -26.2. The Labute approximate surface area is 271 Å². The first-order valence-electron chi connectivity index (χ1n) is 3.11. The van der Waals surface area contributed by atoms with Crippen LogP contribution in [-0.2, 0) is 14.4 Å². The van der Waals surface area contributed by atoms with E-state index in [4.69, 9.17) is 5.11 Å². The molecule has 7 nitrogen and oxygen atoms in total. The van der Waals surface area contributed by atoms with Crippen LogP contribution < -0.4 is 222 Å². The van der Waals surface area contributed by atoms with Crippen molar-refractivity contribution in [1.29, 1.82) is 0 Å². The molecular weight excluding hydrogens is 345 g/mol. The van der Waals surface area contributed by atoms with Crippen LogP contribution in [0.5, 0.6) is 0 Å². The number of aliphatic carboxylic acids is 3. The SMILES string of the molecule is O=C([O-])CC(O)(CC(=O)[O-])C(=O)[O-].[Na+].[Na+].[Na+].[Na+].[Na+].[Na+].[Na+]. The third kappa shape index (κ3) is 25.6. The minimum atomic E-state index is -2.97. The molecule has 0 spiro atoms. The second-order valence-electron chi connectivity index (χ2n) is 2.42. The summed E-state index contributed by atoms with van der Waals surface area (Å²) in [6.45, 7) is 0. The summed E-state index contributed by atoms with van der Waals surface area (Å²) in [5, 5.41) is 38.9. The van der Waals surface area contributed by atoms with Crippen LogP contribution in [0.2, 0.25) is 0 Å². The molecule has 74 valence electrons. The van der Waals surface area contributed by atoms with E-state index in [0.717, 1.165) is 0 Å². The Kier molecular flexibility index (Phi) is 66.4. The molecule has 0 amide bonds. The summed E-state index contributed by atoms with van der Waals surface area (Å²) < 4.78 is 0. The molecule has 0 atom stereocenters. The Hall–Kier alpha value is 5.37. The molecule has 0 aromatic rings. The van der Waals surface area contributed by atoms with Crippen molar-refractivity contribution in [2.75, 3.05) is 0 Å². The summed E-state index contributed by atoms with van der Waals surface area (Å²) in [7, 11) is 0. The first-order valence-corrected chi connectivity index (χ1v) is 3.11. The fourth-order valence-electron chi connectivity index (χ4n) is 0.684. The van der Waals surface area contributed by atoms with E-state index < -0.39 is 36.4 Å². The van der Waals surface area contributed by atoms with Crippen molar-refractivity contribution in [2.24, 2.45) is 0 Å². The summed E-state index contributed by atoms with van der Waals surface area (Å²) in [4.78, 5) is 30.0. The van der Waals surface area contributed by atoms with E-state index >= 15 is 0 Å². The summed E-state index contributed by atoms with van der Waals surface area (Å²) in [6, 6.07) is 0. The minimum Gasteiger partial charge on any atom is -0.550 e. The Morgan fingerprint density at radius 3 is 1.00 bits per heavy atom. The Morgan fingerprint density at radius 1 is 0.700 bits per heavy atom. The number of carboxylic acids is 3. The van der Waals surface area contributed by atoms with Crippen molar-refractivity contribution in [2.45, 2.75) is 18.4 Å². The van der Waals surface area contributed by atoms with Gasteiger partial charge in [-0.25, -0.2) is 0 Å². The van der Waals surface area contributed by atoms with Gasteiger partial charge in [-0.2, -0.15) is 0 Å². The molecule has 0 aliphatic rings. The van der Waals surface area contributed by atoms with Gasteiger partial charge in [-0.05, 0) is 0 Å². The van der Waals surface area contributed by atoms with Crippen LogP contribution in [-0.4, -0.2) is 28.6 Å². The van der Waals surface area contributed by atoms with E-state index in [1.54, 1.807) is 0 Å². The average molecular weight is 350 g/mol. The first-order chi connectivity index (χ1) is 5.78. The predicted molar refractivity (Wildman–Crippen MR) is 29.2 cm³/mol. The monoisotopic (exact) mass is 350 g/mol. The molecule has 0 radical (unpaired) electrons. The van der Waals surface area contributed by atoms with Crippen LogP contribution in [0, 0.1) is 0 Å². The normalized spacial score (nSPS) is 7.05. The zero-order valence-electron chi connectivity index (χ0n) is 13.3. The molecule has 0 aliphatic heterocycles. The van der Waals surface area contributed by atoms with Crippen LogP contribution in [0.15, 0.2) is 0 Å². The second-order valence-corrected chi connectivity index (χ2v) is 2.42. The van der Waals surface area contributed by atoms with Gasteiger partial charge < -0.3 is 34.8 Å². The molecule has 0 rings (SSSR count). The standard InChI is InChI=1S/C6H8O7.7Na/c7-3(8)1-6(13,5(11)12)2-4(9)10;;;;;;;/h13H,1-2H2,(H,7,8)(H,9,10)(H,11,12);;;;;;;/q;7*+1/p-3.